The predicted molar refractivity (Wildman–Crippen MR) is 141 cm³/mol. The summed E-state index contributed by atoms with van der Waals surface area (Å²) < 4.78 is 73.3. The minimum Gasteiger partial charge on any atom is -0.494 e. The fourth-order valence-corrected chi connectivity index (χ4v) is 5.58. The number of aromatic nitrogens is 1. The van der Waals surface area contributed by atoms with Crippen molar-refractivity contribution >= 4 is 48.9 Å². The summed E-state index contributed by atoms with van der Waals surface area (Å²) >= 11 is 0.738. The number of rotatable bonds is 7. The second-order valence-corrected chi connectivity index (χ2v) is 11.5. The number of nitrogen functional groups attached to an aromatic ring is 1. The van der Waals surface area contributed by atoms with Crippen LogP contribution in [0.2, 0.25) is 0 Å². The number of hydrogen-bond donors (Lipinski definition) is 2. The van der Waals surface area contributed by atoms with Crippen LogP contribution in [0.1, 0.15) is 22.2 Å². The number of ether oxygens (including phenoxy) is 1. The van der Waals surface area contributed by atoms with Crippen molar-refractivity contribution in [3.8, 4) is 17.0 Å². The van der Waals surface area contributed by atoms with Crippen LogP contribution in [0.3, 0.4) is 0 Å². The zero-order valence-electron chi connectivity index (χ0n) is 20.5. The summed E-state index contributed by atoms with van der Waals surface area (Å²) in [6.45, 7) is 2.30. The number of hydrogen-bond acceptors (Lipinski definition) is 7. The molecule has 200 valence electrons. The molecule has 2 aromatic carbocycles. The minimum absolute atomic E-state index is 0.0167. The third-order valence-electron chi connectivity index (χ3n) is 5.56. The molecule has 0 radical (unpaired) electrons. The maximum absolute atomic E-state index is 14.1. The first kappa shape index (κ1) is 27.4. The van der Waals surface area contributed by atoms with Crippen LogP contribution in [-0.4, -0.2) is 44.3 Å². The molecule has 0 saturated heterocycles. The zero-order chi connectivity index (χ0) is 27.8. The van der Waals surface area contributed by atoms with Gasteiger partial charge in [0, 0.05) is 30.7 Å². The van der Waals surface area contributed by atoms with E-state index in [2.05, 4.69) is 10.3 Å². The van der Waals surface area contributed by atoms with Crippen LogP contribution in [0.15, 0.2) is 59.5 Å². The van der Waals surface area contributed by atoms with E-state index in [1.807, 2.05) is 6.92 Å². The molecule has 0 bridgehead atoms. The fraction of sp³-hybridized carbons (Fsp3) is 0.200. The number of thiophene rings is 1. The van der Waals surface area contributed by atoms with Crippen molar-refractivity contribution in [3.05, 3.63) is 65.0 Å². The number of sulfonamides is 1. The van der Waals surface area contributed by atoms with E-state index in [-0.39, 0.29) is 36.9 Å². The standard InChI is InChI=1S/C25H23F3N4O4S2/c1-4-36-16-9-7-15(8-10-16)30-23(33)22-21(29)20-18(25(26,27)28)13-19(31-24(20)37-22)14-5-11-17(12-6-14)38(34,35)32(2)3/h5-13H,4,29H2,1-3H3,(H,30,33). The van der Waals surface area contributed by atoms with Crippen LogP contribution in [0, 0.1) is 0 Å². The number of amides is 1. The molecule has 1 amide bonds. The lowest BCUT2D eigenvalue weighted by Gasteiger charge is -2.13. The van der Waals surface area contributed by atoms with E-state index in [9.17, 15) is 26.4 Å². The number of pyridine rings is 1. The van der Waals surface area contributed by atoms with E-state index >= 15 is 0 Å². The van der Waals surface area contributed by atoms with E-state index in [0.717, 1.165) is 21.7 Å². The van der Waals surface area contributed by atoms with Crippen molar-refractivity contribution in [1.82, 2.24) is 9.29 Å². The predicted octanol–water partition coefficient (Wildman–Crippen LogP) is 5.47. The largest absolute Gasteiger partial charge is 0.494 e. The van der Waals surface area contributed by atoms with E-state index in [1.54, 1.807) is 24.3 Å². The first-order valence-corrected chi connectivity index (χ1v) is 13.5. The zero-order valence-corrected chi connectivity index (χ0v) is 22.1. The lowest BCUT2D eigenvalue weighted by molar-refractivity contribution is -0.136. The number of carbonyl (C=O) groups is 1. The normalized spacial score (nSPS) is 12.2. The molecule has 0 fully saturated rings. The second kappa shape index (κ2) is 10.2. The van der Waals surface area contributed by atoms with E-state index in [4.69, 9.17) is 10.5 Å². The molecule has 2 aromatic heterocycles. The molecule has 0 atom stereocenters. The molecule has 0 aliphatic carbocycles. The molecule has 4 aromatic rings. The van der Waals surface area contributed by atoms with E-state index in [1.165, 1.54) is 38.4 Å². The van der Waals surface area contributed by atoms with Crippen molar-refractivity contribution < 1.29 is 31.1 Å². The summed E-state index contributed by atoms with van der Waals surface area (Å²) in [6.07, 6.45) is -4.79. The van der Waals surface area contributed by atoms with Crippen LogP contribution in [-0.2, 0) is 16.2 Å². The number of carbonyl (C=O) groups excluding carboxylic acids is 1. The molecule has 13 heteroatoms. The summed E-state index contributed by atoms with van der Waals surface area (Å²) in [6, 6.07) is 12.7. The number of halogens is 3. The molecule has 2 heterocycles. The maximum atomic E-state index is 14.1. The third-order valence-corrected chi connectivity index (χ3v) is 8.49. The van der Waals surface area contributed by atoms with Gasteiger partial charge in [-0.3, -0.25) is 4.79 Å². The van der Waals surface area contributed by atoms with Gasteiger partial charge in [-0.25, -0.2) is 17.7 Å². The quantitative estimate of drug-likeness (QED) is 0.308. The molecule has 3 N–H and O–H groups in total. The SMILES string of the molecule is CCOc1ccc(NC(=O)c2sc3nc(-c4ccc(S(=O)(=O)N(C)C)cc4)cc(C(F)(F)F)c3c2N)cc1. The molecule has 0 spiro atoms. The Balaban J connectivity index is 1.75. The van der Waals surface area contributed by atoms with Crippen LogP contribution in [0.5, 0.6) is 5.75 Å². The number of benzene rings is 2. The first-order valence-electron chi connectivity index (χ1n) is 11.2. The number of anilines is 2. The summed E-state index contributed by atoms with van der Waals surface area (Å²) in [7, 11) is -0.970. The van der Waals surface area contributed by atoms with Crippen molar-refractivity contribution in [2.24, 2.45) is 0 Å². The average molecular weight is 565 g/mol. The number of nitrogens with zero attached hydrogens (tertiary/aromatic N) is 2. The smallest absolute Gasteiger partial charge is 0.417 e. The Morgan fingerprint density at radius 2 is 1.74 bits per heavy atom. The Labute approximate surface area is 220 Å². The number of fused-ring (bicyclic) bond motifs is 1. The Hall–Kier alpha value is -3.68. The van der Waals surface area contributed by atoms with Gasteiger partial charge in [0.2, 0.25) is 10.0 Å². The van der Waals surface area contributed by atoms with E-state index in [0.29, 0.717) is 18.0 Å². The summed E-state index contributed by atoms with van der Waals surface area (Å²) in [5, 5.41) is 2.26. The Bertz CT molecular complexity index is 1600. The van der Waals surface area contributed by atoms with Crippen molar-refractivity contribution in [2.75, 3.05) is 31.8 Å². The van der Waals surface area contributed by atoms with Crippen LogP contribution >= 0.6 is 11.3 Å². The van der Waals surface area contributed by atoms with E-state index < -0.39 is 27.7 Å². The third kappa shape index (κ3) is 5.30. The van der Waals surface area contributed by atoms with Gasteiger partial charge in [0.1, 0.15) is 15.5 Å². The molecule has 0 unspecified atom stereocenters. The molecule has 8 nitrogen and oxygen atoms in total. The minimum atomic E-state index is -4.79. The van der Waals surface area contributed by atoms with Crippen molar-refractivity contribution in [3.63, 3.8) is 0 Å². The van der Waals surface area contributed by atoms with Gasteiger partial charge in [0.25, 0.3) is 5.91 Å². The topological polar surface area (TPSA) is 115 Å². The highest BCUT2D eigenvalue weighted by Gasteiger charge is 2.36. The van der Waals surface area contributed by atoms with Crippen molar-refractivity contribution in [2.45, 2.75) is 18.0 Å². The maximum Gasteiger partial charge on any atom is 0.417 e. The number of alkyl halides is 3. The highest BCUT2D eigenvalue weighted by Crippen LogP contribution is 2.43. The Morgan fingerprint density at radius 3 is 2.29 bits per heavy atom. The second-order valence-electron chi connectivity index (χ2n) is 8.30. The van der Waals surface area contributed by atoms with Gasteiger partial charge in [0.05, 0.1) is 28.4 Å². The molecular formula is C25H23F3N4O4S2. The Morgan fingerprint density at radius 1 is 1.11 bits per heavy atom. The van der Waals surface area contributed by atoms with Gasteiger partial charge in [-0.1, -0.05) is 12.1 Å². The molecule has 0 saturated carbocycles. The monoisotopic (exact) mass is 564 g/mol. The molecule has 38 heavy (non-hydrogen) atoms. The molecule has 0 aliphatic heterocycles. The first-order chi connectivity index (χ1) is 17.8. The van der Waals surface area contributed by atoms with Gasteiger partial charge >= 0.3 is 6.18 Å². The Kier molecular flexibility index (Phi) is 7.37. The van der Waals surface area contributed by atoms with Crippen molar-refractivity contribution in [1.29, 1.82) is 0 Å². The molecular weight excluding hydrogens is 541 g/mol. The van der Waals surface area contributed by atoms with Crippen LogP contribution in [0.25, 0.3) is 21.5 Å². The molecule has 0 aliphatic rings. The average Bonchev–Trinajstić information content (AvgIpc) is 3.20. The number of nitrogens with one attached hydrogen (secondary N) is 1. The van der Waals surface area contributed by atoms with Crippen LogP contribution in [0.4, 0.5) is 24.5 Å². The van der Waals surface area contributed by atoms with Gasteiger partial charge in [0.15, 0.2) is 0 Å². The number of nitrogens with two attached hydrogens (primary N) is 1. The van der Waals surface area contributed by atoms with Gasteiger partial charge in [-0.15, -0.1) is 11.3 Å². The lowest BCUT2D eigenvalue weighted by atomic mass is 10.1. The highest BCUT2D eigenvalue weighted by molar-refractivity contribution is 7.89. The van der Waals surface area contributed by atoms with Gasteiger partial charge in [-0.2, -0.15) is 13.2 Å². The van der Waals surface area contributed by atoms with Gasteiger partial charge < -0.3 is 15.8 Å². The summed E-state index contributed by atoms with van der Waals surface area (Å²) in [5.74, 6) is -0.0756. The van der Waals surface area contributed by atoms with Gasteiger partial charge in [-0.05, 0) is 49.4 Å². The summed E-state index contributed by atoms with van der Waals surface area (Å²) in [4.78, 5) is 17.1. The molecule has 4 rings (SSSR count). The summed E-state index contributed by atoms with van der Waals surface area (Å²) in [5.41, 5.74) is 5.32. The highest BCUT2D eigenvalue weighted by atomic mass is 32.2. The fourth-order valence-electron chi connectivity index (χ4n) is 3.66. The van der Waals surface area contributed by atoms with Crippen LogP contribution < -0.4 is 15.8 Å². The lowest BCUT2D eigenvalue weighted by Crippen LogP contribution is -2.22.